The molecule has 0 aromatic carbocycles. The number of thiophene rings is 1. The van der Waals surface area contributed by atoms with Crippen LogP contribution in [0.3, 0.4) is 0 Å². The maximum atomic E-state index is 13.6. The second-order valence-electron chi connectivity index (χ2n) is 7.82. The zero-order valence-electron chi connectivity index (χ0n) is 17.1. The van der Waals surface area contributed by atoms with Crippen LogP contribution >= 0.6 is 23.1 Å². The molecule has 1 aliphatic rings. The molecule has 0 spiro atoms. The molecule has 1 unspecified atom stereocenters. The number of hydrogen-bond acceptors (Lipinski definition) is 6. The summed E-state index contributed by atoms with van der Waals surface area (Å²) >= 11 is 3.26. The van der Waals surface area contributed by atoms with Crippen molar-refractivity contribution in [2.75, 3.05) is 0 Å². The van der Waals surface area contributed by atoms with Crippen molar-refractivity contribution in [2.24, 2.45) is 5.92 Å². The van der Waals surface area contributed by atoms with E-state index >= 15 is 0 Å². The van der Waals surface area contributed by atoms with Crippen molar-refractivity contribution in [3.8, 4) is 0 Å². The maximum Gasteiger partial charge on any atom is 0.263 e. The fourth-order valence-corrected chi connectivity index (χ4v) is 6.50. The summed E-state index contributed by atoms with van der Waals surface area (Å²) < 4.78 is 9.43. The molecule has 0 N–H and O–H groups in total. The van der Waals surface area contributed by atoms with Crippen molar-refractivity contribution in [1.29, 1.82) is 0 Å². The van der Waals surface area contributed by atoms with Crippen LogP contribution in [0.25, 0.3) is 10.2 Å². The topological polar surface area (TPSA) is 65.8 Å². The second-order valence-corrected chi connectivity index (χ2v) is 9.84. The molecule has 1 atom stereocenters. The molecule has 5 rings (SSSR count). The van der Waals surface area contributed by atoms with Gasteiger partial charge in [0.25, 0.3) is 5.56 Å². The van der Waals surface area contributed by atoms with Crippen LogP contribution in [0.1, 0.15) is 42.3 Å². The Morgan fingerprint density at radius 1 is 1.40 bits per heavy atom. The van der Waals surface area contributed by atoms with Crippen LogP contribution in [0.5, 0.6) is 0 Å². The first-order chi connectivity index (χ1) is 14.6. The van der Waals surface area contributed by atoms with Gasteiger partial charge in [-0.1, -0.05) is 18.7 Å². The Labute approximate surface area is 183 Å². The van der Waals surface area contributed by atoms with E-state index in [9.17, 15) is 4.79 Å². The summed E-state index contributed by atoms with van der Waals surface area (Å²) in [6.45, 7) is 5.65. The largest absolute Gasteiger partial charge is 0.467 e. The lowest BCUT2D eigenvalue weighted by molar-refractivity contribution is 0.476. The van der Waals surface area contributed by atoms with E-state index in [1.54, 1.807) is 33.9 Å². The van der Waals surface area contributed by atoms with Crippen molar-refractivity contribution in [3.05, 3.63) is 63.2 Å². The lowest BCUT2D eigenvalue weighted by atomic mass is 9.89. The molecule has 4 aromatic heterocycles. The SMILES string of the molecule is CCn1ccnc1CSc1nc2sc3c(c2c(=O)n1Cc1ccco1)CCC(C)C3. The van der Waals surface area contributed by atoms with E-state index in [-0.39, 0.29) is 5.56 Å². The first-order valence-electron chi connectivity index (χ1n) is 10.3. The standard InChI is InChI=1S/C22H24N4O2S2/c1-3-25-9-8-23-18(25)13-29-22-24-20-19(16-7-6-14(2)11-17(16)30-20)21(27)26(22)12-15-5-4-10-28-15/h4-5,8-10,14H,3,6-7,11-13H2,1-2H3. The first-order valence-corrected chi connectivity index (χ1v) is 12.1. The van der Waals surface area contributed by atoms with Crippen LogP contribution in [-0.2, 0) is 31.7 Å². The van der Waals surface area contributed by atoms with Gasteiger partial charge >= 0.3 is 0 Å². The number of hydrogen-bond donors (Lipinski definition) is 0. The van der Waals surface area contributed by atoms with Gasteiger partial charge in [-0.25, -0.2) is 9.97 Å². The van der Waals surface area contributed by atoms with E-state index < -0.39 is 0 Å². The minimum Gasteiger partial charge on any atom is -0.467 e. The second kappa shape index (κ2) is 8.07. The summed E-state index contributed by atoms with van der Waals surface area (Å²) in [6, 6.07) is 3.75. The van der Waals surface area contributed by atoms with Crippen LogP contribution in [-0.4, -0.2) is 19.1 Å². The fraction of sp³-hybridized carbons (Fsp3) is 0.409. The summed E-state index contributed by atoms with van der Waals surface area (Å²) in [5, 5.41) is 1.54. The highest BCUT2D eigenvalue weighted by molar-refractivity contribution is 7.98. The van der Waals surface area contributed by atoms with Gasteiger partial charge in [-0.3, -0.25) is 9.36 Å². The number of aryl methyl sites for hydroxylation is 2. The number of fused-ring (bicyclic) bond motifs is 3. The number of thioether (sulfide) groups is 1. The molecule has 0 bridgehead atoms. The highest BCUT2D eigenvalue weighted by atomic mass is 32.2. The summed E-state index contributed by atoms with van der Waals surface area (Å²) in [4.78, 5) is 25.3. The normalized spacial score (nSPS) is 16.3. The smallest absolute Gasteiger partial charge is 0.263 e. The molecule has 8 heteroatoms. The molecular formula is C22H24N4O2S2. The summed E-state index contributed by atoms with van der Waals surface area (Å²) in [5.74, 6) is 3.07. The third-order valence-corrected chi connectivity index (χ3v) is 7.87. The van der Waals surface area contributed by atoms with Gasteiger partial charge < -0.3 is 8.98 Å². The zero-order chi connectivity index (χ0) is 20.7. The van der Waals surface area contributed by atoms with Crippen LogP contribution in [0.4, 0.5) is 0 Å². The van der Waals surface area contributed by atoms with Gasteiger partial charge in [0.2, 0.25) is 0 Å². The number of nitrogens with zero attached hydrogens (tertiary/aromatic N) is 4. The molecule has 1 aliphatic carbocycles. The first kappa shape index (κ1) is 19.6. The number of imidazole rings is 1. The molecule has 0 aliphatic heterocycles. The van der Waals surface area contributed by atoms with Crippen molar-refractivity contribution in [3.63, 3.8) is 0 Å². The third kappa shape index (κ3) is 3.52. The Morgan fingerprint density at radius 2 is 2.30 bits per heavy atom. The molecule has 0 saturated heterocycles. The Bertz CT molecular complexity index is 1240. The Kier molecular flexibility index (Phi) is 5.28. The van der Waals surface area contributed by atoms with Crippen LogP contribution in [0.15, 0.2) is 45.2 Å². The number of furan rings is 1. The van der Waals surface area contributed by atoms with Gasteiger partial charge in [-0.15, -0.1) is 11.3 Å². The van der Waals surface area contributed by atoms with Gasteiger partial charge in [0.1, 0.15) is 16.4 Å². The summed E-state index contributed by atoms with van der Waals surface area (Å²) in [7, 11) is 0. The van der Waals surface area contributed by atoms with Gasteiger partial charge in [0.05, 0.1) is 23.9 Å². The molecule has 6 nitrogen and oxygen atoms in total. The average Bonchev–Trinajstić information content (AvgIpc) is 3.47. The highest BCUT2D eigenvalue weighted by Crippen LogP contribution is 2.36. The summed E-state index contributed by atoms with van der Waals surface area (Å²) in [6.07, 6.45) is 8.59. The lowest BCUT2D eigenvalue weighted by Crippen LogP contribution is -2.24. The summed E-state index contributed by atoms with van der Waals surface area (Å²) in [5.41, 5.74) is 1.27. The minimum absolute atomic E-state index is 0.0461. The fourth-order valence-electron chi connectivity index (χ4n) is 4.11. The van der Waals surface area contributed by atoms with E-state index in [1.807, 2.05) is 24.5 Å². The van der Waals surface area contributed by atoms with Crippen molar-refractivity contribution >= 4 is 33.3 Å². The predicted octanol–water partition coefficient (Wildman–Crippen LogP) is 4.73. The van der Waals surface area contributed by atoms with Crippen LogP contribution in [0, 0.1) is 5.92 Å². The highest BCUT2D eigenvalue weighted by Gasteiger charge is 2.25. The van der Waals surface area contributed by atoms with Gasteiger partial charge in [-0.2, -0.15) is 0 Å². The molecule has 156 valence electrons. The monoisotopic (exact) mass is 440 g/mol. The molecular weight excluding hydrogens is 416 g/mol. The maximum absolute atomic E-state index is 13.6. The zero-order valence-corrected chi connectivity index (χ0v) is 18.8. The van der Waals surface area contributed by atoms with Crippen molar-refractivity contribution < 1.29 is 4.42 Å². The lowest BCUT2D eigenvalue weighted by Gasteiger charge is -2.17. The van der Waals surface area contributed by atoms with E-state index in [1.165, 1.54) is 10.4 Å². The van der Waals surface area contributed by atoms with Gasteiger partial charge in [0, 0.05) is 23.8 Å². The van der Waals surface area contributed by atoms with Crippen molar-refractivity contribution in [1.82, 2.24) is 19.1 Å². The predicted molar refractivity (Wildman–Crippen MR) is 120 cm³/mol. The Morgan fingerprint density at radius 3 is 3.10 bits per heavy atom. The quantitative estimate of drug-likeness (QED) is 0.320. The minimum atomic E-state index is 0.0461. The number of aromatic nitrogens is 4. The third-order valence-electron chi connectivity index (χ3n) is 5.75. The molecule has 4 heterocycles. The van der Waals surface area contributed by atoms with Crippen LogP contribution in [0.2, 0.25) is 0 Å². The van der Waals surface area contributed by atoms with E-state index in [2.05, 4.69) is 23.4 Å². The number of rotatable bonds is 6. The molecule has 0 amide bonds. The van der Waals surface area contributed by atoms with Gasteiger partial charge in [-0.05, 0) is 49.8 Å². The molecule has 0 radical (unpaired) electrons. The molecule has 0 saturated carbocycles. The Hall–Kier alpha value is -2.32. The Balaban J connectivity index is 1.59. The van der Waals surface area contributed by atoms with Crippen LogP contribution < -0.4 is 5.56 Å². The van der Waals surface area contributed by atoms with E-state index in [0.717, 1.165) is 52.8 Å². The molecule has 4 aromatic rings. The van der Waals surface area contributed by atoms with E-state index in [4.69, 9.17) is 9.40 Å². The molecule has 0 fully saturated rings. The van der Waals surface area contributed by atoms with Crippen molar-refractivity contribution in [2.45, 2.75) is 57.1 Å². The van der Waals surface area contributed by atoms with E-state index in [0.29, 0.717) is 18.2 Å². The molecule has 30 heavy (non-hydrogen) atoms. The average molecular weight is 441 g/mol. The van der Waals surface area contributed by atoms with Gasteiger partial charge in [0.15, 0.2) is 5.16 Å².